The average molecular weight is 289 g/mol. The summed E-state index contributed by atoms with van der Waals surface area (Å²) in [6, 6.07) is 9.31. The topological polar surface area (TPSA) is 32.3 Å². The van der Waals surface area contributed by atoms with Crippen LogP contribution >= 0.6 is 0 Å². The van der Waals surface area contributed by atoms with Gasteiger partial charge in [0.15, 0.2) is 0 Å². The van der Waals surface area contributed by atoms with Crippen LogP contribution in [0.3, 0.4) is 0 Å². The van der Waals surface area contributed by atoms with Gasteiger partial charge in [0.2, 0.25) is 0 Å². The summed E-state index contributed by atoms with van der Waals surface area (Å²) in [7, 11) is 0. The van der Waals surface area contributed by atoms with Gasteiger partial charge in [-0.3, -0.25) is 0 Å². The largest absolute Gasteiger partial charge is 0.508 e. The summed E-state index contributed by atoms with van der Waals surface area (Å²) in [5.74, 6) is -0.775. The molecular weight excluding hydrogens is 272 g/mol. The summed E-state index contributed by atoms with van der Waals surface area (Å²) >= 11 is 0. The quantitative estimate of drug-likeness (QED) is 0.903. The van der Waals surface area contributed by atoms with Crippen LogP contribution in [0.5, 0.6) is 5.75 Å². The molecule has 2 N–H and O–H groups in total. The Balaban J connectivity index is 1.60. The molecular formula is C17H17F2NO. The number of rotatable bonds is 4. The van der Waals surface area contributed by atoms with Crippen molar-refractivity contribution in [1.29, 1.82) is 0 Å². The normalized spacial score (nSPS) is 17.0. The fraction of sp³-hybridized carbons (Fsp3) is 0.294. The smallest absolute Gasteiger partial charge is 0.126 e. The Kier molecular flexibility index (Phi) is 3.88. The third-order valence-electron chi connectivity index (χ3n) is 3.93. The minimum Gasteiger partial charge on any atom is -0.508 e. The summed E-state index contributed by atoms with van der Waals surface area (Å²) in [5.41, 5.74) is 3.03. The lowest BCUT2D eigenvalue weighted by Crippen LogP contribution is -2.22. The van der Waals surface area contributed by atoms with Crippen LogP contribution in [-0.4, -0.2) is 11.7 Å². The van der Waals surface area contributed by atoms with Gasteiger partial charge in [0.25, 0.3) is 0 Å². The van der Waals surface area contributed by atoms with Gasteiger partial charge in [-0.15, -0.1) is 0 Å². The Labute approximate surface area is 122 Å². The number of halogens is 2. The Morgan fingerprint density at radius 3 is 2.62 bits per heavy atom. The molecule has 21 heavy (non-hydrogen) atoms. The lowest BCUT2D eigenvalue weighted by atomic mass is 10.1. The first-order valence-corrected chi connectivity index (χ1v) is 7.12. The van der Waals surface area contributed by atoms with Gasteiger partial charge in [0, 0.05) is 12.1 Å². The zero-order valence-corrected chi connectivity index (χ0v) is 11.6. The molecule has 1 atom stereocenters. The van der Waals surface area contributed by atoms with E-state index in [0.29, 0.717) is 24.3 Å². The van der Waals surface area contributed by atoms with Gasteiger partial charge >= 0.3 is 0 Å². The van der Waals surface area contributed by atoms with Gasteiger partial charge in [-0.2, -0.15) is 0 Å². The van der Waals surface area contributed by atoms with Gasteiger partial charge in [-0.1, -0.05) is 6.07 Å². The van der Waals surface area contributed by atoms with E-state index >= 15 is 0 Å². The van der Waals surface area contributed by atoms with E-state index in [4.69, 9.17) is 0 Å². The van der Waals surface area contributed by atoms with Gasteiger partial charge in [-0.05, 0) is 66.8 Å². The summed E-state index contributed by atoms with van der Waals surface area (Å²) < 4.78 is 26.2. The van der Waals surface area contributed by atoms with Crippen molar-refractivity contribution in [1.82, 2.24) is 5.32 Å². The predicted molar refractivity (Wildman–Crippen MR) is 77.2 cm³/mol. The van der Waals surface area contributed by atoms with Crippen LogP contribution in [0.15, 0.2) is 36.4 Å². The molecule has 0 radical (unpaired) electrons. The molecule has 2 aromatic carbocycles. The Bertz CT molecular complexity index is 637. The molecule has 3 rings (SSSR count). The molecule has 0 saturated carbocycles. The summed E-state index contributed by atoms with van der Waals surface area (Å²) in [4.78, 5) is 0. The van der Waals surface area contributed by atoms with Crippen LogP contribution in [0.1, 0.15) is 29.2 Å². The molecule has 1 aliphatic carbocycles. The second-order valence-corrected chi connectivity index (χ2v) is 5.46. The van der Waals surface area contributed by atoms with Crippen molar-refractivity contribution in [2.24, 2.45) is 0 Å². The number of phenols is 1. The number of nitrogens with one attached hydrogen (secondary N) is 1. The van der Waals surface area contributed by atoms with E-state index < -0.39 is 11.6 Å². The lowest BCUT2D eigenvalue weighted by Gasteiger charge is -2.14. The monoisotopic (exact) mass is 289 g/mol. The highest BCUT2D eigenvalue weighted by atomic mass is 19.1. The van der Waals surface area contributed by atoms with Crippen LogP contribution in [-0.2, 0) is 12.8 Å². The zero-order valence-electron chi connectivity index (χ0n) is 11.6. The van der Waals surface area contributed by atoms with Crippen molar-refractivity contribution in [3.05, 3.63) is 64.7 Å². The van der Waals surface area contributed by atoms with Crippen molar-refractivity contribution in [3.63, 3.8) is 0 Å². The minimum absolute atomic E-state index is 0.249. The Morgan fingerprint density at radius 2 is 1.86 bits per heavy atom. The van der Waals surface area contributed by atoms with Crippen molar-refractivity contribution in [2.45, 2.75) is 25.3 Å². The molecule has 1 unspecified atom stereocenters. The zero-order chi connectivity index (χ0) is 14.8. The molecule has 0 aliphatic heterocycles. The number of fused-ring (bicyclic) bond motifs is 1. The van der Waals surface area contributed by atoms with Crippen LogP contribution < -0.4 is 5.32 Å². The predicted octanol–water partition coefficient (Wildman–Crippen LogP) is 3.49. The minimum atomic E-state index is -0.535. The molecule has 0 fully saturated rings. The maximum Gasteiger partial charge on any atom is 0.126 e. The fourth-order valence-corrected chi connectivity index (χ4v) is 2.96. The third kappa shape index (κ3) is 3.22. The molecule has 0 aromatic heterocycles. The van der Waals surface area contributed by atoms with E-state index in [-0.39, 0.29) is 6.04 Å². The lowest BCUT2D eigenvalue weighted by molar-refractivity contribution is 0.474. The first-order valence-electron chi connectivity index (χ1n) is 7.12. The van der Waals surface area contributed by atoms with E-state index in [1.54, 1.807) is 12.1 Å². The first-order chi connectivity index (χ1) is 10.1. The molecule has 110 valence electrons. The average Bonchev–Trinajstić information content (AvgIpc) is 2.80. The number of aromatic hydroxyl groups is 1. The van der Waals surface area contributed by atoms with E-state index in [2.05, 4.69) is 5.32 Å². The second kappa shape index (κ2) is 5.82. The van der Waals surface area contributed by atoms with Gasteiger partial charge in [0.05, 0.1) is 0 Å². The summed E-state index contributed by atoms with van der Waals surface area (Å²) in [6.45, 7) is 0.661. The number of phenolic OH excluding ortho intramolecular Hbond substituents is 1. The van der Waals surface area contributed by atoms with Crippen LogP contribution in [0.4, 0.5) is 8.78 Å². The molecule has 1 aliphatic rings. The van der Waals surface area contributed by atoms with E-state index in [0.717, 1.165) is 18.9 Å². The standard InChI is InChI=1S/C17H17F2NO/c18-13-7-11(8-14(19)10-13)5-6-20-17-4-1-12-9-15(21)2-3-16(12)17/h2-3,7-10,17,20-21H,1,4-6H2. The first kappa shape index (κ1) is 14.0. The molecule has 2 nitrogen and oxygen atoms in total. The van der Waals surface area contributed by atoms with Crippen molar-refractivity contribution < 1.29 is 13.9 Å². The number of benzene rings is 2. The number of hydrogen-bond acceptors (Lipinski definition) is 2. The maximum atomic E-state index is 13.1. The van der Waals surface area contributed by atoms with E-state index in [1.807, 2.05) is 6.07 Å². The molecule has 0 bridgehead atoms. The Hall–Kier alpha value is -1.94. The molecule has 0 amide bonds. The van der Waals surface area contributed by atoms with Gasteiger partial charge < -0.3 is 10.4 Å². The third-order valence-corrected chi connectivity index (χ3v) is 3.93. The maximum absolute atomic E-state index is 13.1. The molecule has 2 aromatic rings. The van der Waals surface area contributed by atoms with Gasteiger partial charge in [0.1, 0.15) is 17.4 Å². The van der Waals surface area contributed by atoms with Crippen molar-refractivity contribution >= 4 is 0 Å². The number of hydrogen-bond donors (Lipinski definition) is 2. The molecule has 0 spiro atoms. The highest BCUT2D eigenvalue weighted by Crippen LogP contribution is 2.33. The number of aryl methyl sites for hydroxylation is 1. The van der Waals surface area contributed by atoms with E-state index in [9.17, 15) is 13.9 Å². The van der Waals surface area contributed by atoms with Gasteiger partial charge in [-0.25, -0.2) is 8.78 Å². The molecule has 4 heteroatoms. The highest BCUT2D eigenvalue weighted by molar-refractivity contribution is 5.40. The van der Waals surface area contributed by atoms with E-state index in [1.165, 1.54) is 23.3 Å². The van der Waals surface area contributed by atoms with Crippen molar-refractivity contribution in [2.75, 3.05) is 6.54 Å². The van der Waals surface area contributed by atoms with Crippen LogP contribution in [0.25, 0.3) is 0 Å². The second-order valence-electron chi connectivity index (χ2n) is 5.46. The van der Waals surface area contributed by atoms with Crippen LogP contribution in [0, 0.1) is 11.6 Å². The molecule has 0 saturated heterocycles. The van der Waals surface area contributed by atoms with Crippen LogP contribution in [0.2, 0.25) is 0 Å². The SMILES string of the molecule is Oc1ccc2c(c1)CCC2NCCc1cc(F)cc(F)c1. The summed E-state index contributed by atoms with van der Waals surface area (Å²) in [6.07, 6.45) is 2.50. The summed E-state index contributed by atoms with van der Waals surface area (Å²) in [5, 5.41) is 12.9. The highest BCUT2D eigenvalue weighted by Gasteiger charge is 2.21. The Morgan fingerprint density at radius 1 is 1.10 bits per heavy atom. The fourth-order valence-electron chi connectivity index (χ4n) is 2.96. The molecule has 0 heterocycles. The van der Waals surface area contributed by atoms with Crippen molar-refractivity contribution in [3.8, 4) is 5.75 Å².